The summed E-state index contributed by atoms with van der Waals surface area (Å²) in [4.78, 5) is 24.4. The van der Waals surface area contributed by atoms with Crippen LogP contribution < -0.4 is 10.2 Å². The Morgan fingerprint density at radius 1 is 1.03 bits per heavy atom. The van der Waals surface area contributed by atoms with Crippen LogP contribution >= 0.6 is 0 Å². The first-order chi connectivity index (χ1) is 14.7. The lowest BCUT2D eigenvalue weighted by Crippen LogP contribution is -2.17. The van der Waals surface area contributed by atoms with Crippen molar-refractivity contribution in [3.05, 3.63) is 40.2 Å². The third kappa shape index (κ3) is 8.06. The maximum absolute atomic E-state index is 12.8. The van der Waals surface area contributed by atoms with Crippen molar-refractivity contribution in [3.8, 4) is 5.75 Å². The normalized spacial score (nSPS) is 11.7. The van der Waals surface area contributed by atoms with Crippen molar-refractivity contribution in [2.45, 2.75) is 33.2 Å². The van der Waals surface area contributed by atoms with Gasteiger partial charge in [0.25, 0.3) is 10.1 Å². The van der Waals surface area contributed by atoms with Crippen LogP contribution in [-0.4, -0.2) is 58.2 Å². The van der Waals surface area contributed by atoms with E-state index in [0.717, 1.165) is 17.3 Å². The second-order valence-electron chi connectivity index (χ2n) is 6.79. The smallest absolute Gasteiger partial charge is 0.311 e. The third-order valence-corrected chi connectivity index (χ3v) is 4.99. The van der Waals surface area contributed by atoms with E-state index < -0.39 is 16.1 Å². The number of hydrogen-bond acceptors (Lipinski definition) is 8. The van der Waals surface area contributed by atoms with E-state index in [-0.39, 0.29) is 30.8 Å². The van der Waals surface area contributed by atoms with Crippen LogP contribution in [0, 0.1) is 0 Å². The molecule has 1 heterocycles. The van der Waals surface area contributed by atoms with Crippen LogP contribution in [0.3, 0.4) is 0 Å². The lowest BCUT2D eigenvalue weighted by molar-refractivity contribution is -0.134. The van der Waals surface area contributed by atoms with Gasteiger partial charge in [0, 0.05) is 18.4 Å². The molecule has 0 atom stereocenters. The van der Waals surface area contributed by atoms with Gasteiger partial charge >= 0.3 is 5.97 Å². The average molecular weight is 456 g/mol. The number of pyridine rings is 1. The van der Waals surface area contributed by atoms with Crippen molar-refractivity contribution in [3.63, 3.8) is 0 Å². The van der Waals surface area contributed by atoms with Gasteiger partial charge < -0.3 is 18.8 Å². The Morgan fingerprint density at radius 2 is 1.71 bits per heavy atom. The summed E-state index contributed by atoms with van der Waals surface area (Å²) in [5.74, 6) is -0.416. The Labute approximate surface area is 182 Å². The number of rotatable bonds is 13. The summed E-state index contributed by atoms with van der Waals surface area (Å²) in [5.41, 5.74) is 1.39. The predicted octanol–water partition coefficient (Wildman–Crippen LogP) is 1.89. The maximum Gasteiger partial charge on any atom is 0.311 e. The SMILES string of the molecule is CCC(=O)Oc1cn(CC)c2ccc(CCOCCOCCOS(C)(=O)=O)cc2c1=O. The highest BCUT2D eigenvalue weighted by molar-refractivity contribution is 7.85. The number of benzene rings is 1. The van der Waals surface area contributed by atoms with Crippen molar-refractivity contribution in [1.82, 2.24) is 4.57 Å². The van der Waals surface area contributed by atoms with Gasteiger partial charge in [0.05, 0.1) is 51.0 Å². The number of hydrogen-bond donors (Lipinski definition) is 0. The summed E-state index contributed by atoms with van der Waals surface area (Å²) < 4.78 is 44.0. The molecule has 0 bridgehead atoms. The van der Waals surface area contributed by atoms with Crippen LogP contribution in [0.4, 0.5) is 0 Å². The van der Waals surface area contributed by atoms with E-state index >= 15 is 0 Å². The second kappa shape index (κ2) is 11.9. The molecule has 2 aromatic rings. The molecule has 0 amide bonds. The molecule has 0 aliphatic rings. The molecule has 0 aliphatic carbocycles. The number of esters is 1. The fourth-order valence-electron chi connectivity index (χ4n) is 2.86. The standard InChI is InChI=1S/C21H29NO8S/c1-4-20(23)30-19-15-22(5-2)18-7-6-16(14-17(18)21(19)24)8-9-27-10-11-28-12-13-29-31(3,25)26/h6-7,14-15H,4-5,8-13H2,1-3H3. The lowest BCUT2D eigenvalue weighted by atomic mass is 10.1. The fourth-order valence-corrected chi connectivity index (χ4v) is 3.23. The summed E-state index contributed by atoms with van der Waals surface area (Å²) in [7, 11) is -3.45. The van der Waals surface area contributed by atoms with E-state index in [9.17, 15) is 18.0 Å². The average Bonchev–Trinajstić information content (AvgIpc) is 2.73. The number of ether oxygens (including phenoxy) is 3. The molecular formula is C21H29NO8S. The molecule has 1 aromatic carbocycles. The van der Waals surface area contributed by atoms with Crippen LogP contribution in [0.2, 0.25) is 0 Å². The maximum atomic E-state index is 12.8. The fraction of sp³-hybridized carbons (Fsp3) is 0.524. The first-order valence-corrected chi connectivity index (χ1v) is 11.9. The molecule has 2 rings (SSSR count). The van der Waals surface area contributed by atoms with E-state index in [1.807, 2.05) is 23.6 Å². The quantitative estimate of drug-likeness (QED) is 0.256. The second-order valence-corrected chi connectivity index (χ2v) is 8.43. The summed E-state index contributed by atoms with van der Waals surface area (Å²) in [6.07, 6.45) is 3.34. The molecule has 0 radical (unpaired) electrons. The molecular weight excluding hydrogens is 426 g/mol. The van der Waals surface area contributed by atoms with Gasteiger partial charge in [-0.05, 0) is 31.0 Å². The van der Waals surface area contributed by atoms with Crippen molar-refractivity contribution in [1.29, 1.82) is 0 Å². The van der Waals surface area contributed by atoms with Gasteiger partial charge in [0.1, 0.15) is 0 Å². The summed E-state index contributed by atoms with van der Waals surface area (Å²) in [5, 5.41) is 0.495. The first-order valence-electron chi connectivity index (χ1n) is 10.1. The van der Waals surface area contributed by atoms with E-state index in [0.29, 0.717) is 38.2 Å². The summed E-state index contributed by atoms with van der Waals surface area (Å²) in [6, 6.07) is 5.62. The molecule has 0 unspecified atom stereocenters. The molecule has 0 aliphatic heterocycles. The Balaban J connectivity index is 1.91. The van der Waals surface area contributed by atoms with Crippen molar-refractivity contribution >= 4 is 27.0 Å². The van der Waals surface area contributed by atoms with E-state index in [1.165, 1.54) is 0 Å². The van der Waals surface area contributed by atoms with Crippen LogP contribution in [-0.2, 0) is 41.5 Å². The molecule has 31 heavy (non-hydrogen) atoms. The molecule has 0 saturated carbocycles. The third-order valence-electron chi connectivity index (χ3n) is 4.40. The van der Waals surface area contributed by atoms with Crippen molar-refractivity contribution in [2.75, 3.05) is 39.3 Å². The highest BCUT2D eigenvalue weighted by atomic mass is 32.2. The van der Waals surface area contributed by atoms with E-state index in [2.05, 4.69) is 4.18 Å². The molecule has 0 saturated heterocycles. The van der Waals surface area contributed by atoms with Gasteiger partial charge in [-0.1, -0.05) is 13.0 Å². The minimum atomic E-state index is -3.45. The molecule has 0 spiro atoms. The van der Waals surface area contributed by atoms with E-state index in [4.69, 9.17) is 14.2 Å². The lowest BCUT2D eigenvalue weighted by Gasteiger charge is -2.13. The largest absolute Gasteiger partial charge is 0.421 e. The summed E-state index contributed by atoms with van der Waals surface area (Å²) in [6.45, 7) is 5.49. The molecule has 9 nitrogen and oxygen atoms in total. The van der Waals surface area contributed by atoms with Crippen LogP contribution in [0.15, 0.2) is 29.2 Å². The van der Waals surface area contributed by atoms with Crippen LogP contribution in [0.25, 0.3) is 10.9 Å². The molecule has 0 fully saturated rings. The Morgan fingerprint density at radius 3 is 2.35 bits per heavy atom. The zero-order valence-electron chi connectivity index (χ0n) is 18.1. The van der Waals surface area contributed by atoms with Crippen molar-refractivity contribution < 1.29 is 31.6 Å². The highest BCUT2D eigenvalue weighted by Crippen LogP contribution is 2.18. The van der Waals surface area contributed by atoms with Gasteiger partial charge in [0.2, 0.25) is 5.43 Å². The highest BCUT2D eigenvalue weighted by Gasteiger charge is 2.13. The Bertz CT molecular complexity index is 1050. The number of fused-ring (bicyclic) bond motifs is 1. The van der Waals surface area contributed by atoms with Gasteiger partial charge in [-0.15, -0.1) is 0 Å². The van der Waals surface area contributed by atoms with E-state index in [1.54, 1.807) is 19.2 Å². The predicted molar refractivity (Wildman–Crippen MR) is 116 cm³/mol. The monoisotopic (exact) mass is 455 g/mol. The number of carbonyl (C=O) groups is 1. The van der Waals surface area contributed by atoms with Crippen LogP contribution in [0.5, 0.6) is 5.75 Å². The van der Waals surface area contributed by atoms with Gasteiger partial charge in [0.15, 0.2) is 5.75 Å². The minimum absolute atomic E-state index is 0.0270. The van der Waals surface area contributed by atoms with Gasteiger partial charge in [-0.2, -0.15) is 8.42 Å². The molecule has 0 N–H and O–H groups in total. The van der Waals surface area contributed by atoms with Gasteiger partial charge in [-0.25, -0.2) is 0 Å². The number of nitrogens with zero attached hydrogens (tertiary/aromatic N) is 1. The van der Waals surface area contributed by atoms with Crippen molar-refractivity contribution in [2.24, 2.45) is 0 Å². The van der Waals surface area contributed by atoms with Crippen LogP contribution in [0.1, 0.15) is 25.8 Å². The number of aromatic nitrogens is 1. The zero-order chi connectivity index (χ0) is 22.9. The molecule has 10 heteroatoms. The Kier molecular flexibility index (Phi) is 9.63. The number of aryl methyl sites for hydroxylation is 1. The van der Waals surface area contributed by atoms with Gasteiger partial charge in [-0.3, -0.25) is 13.8 Å². The zero-order valence-corrected chi connectivity index (χ0v) is 18.9. The Hall–Kier alpha value is -2.27. The summed E-state index contributed by atoms with van der Waals surface area (Å²) >= 11 is 0. The number of carbonyl (C=O) groups excluding carboxylic acids is 1. The molecule has 1 aromatic heterocycles. The topological polar surface area (TPSA) is 110 Å². The first kappa shape index (κ1) is 25.0. The molecule has 172 valence electrons. The minimum Gasteiger partial charge on any atom is -0.421 e.